The fourth-order valence-electron chi connectivity index (χ4n) is 8.11. The van der Waals surface area contributed by atoms with Crippen LogP contribution in [0, 0.1) is 17.8 Å². The SMILES string of the molecule is C=CCCCC[C@H]1OC[C@@H](C)NC(=O)[C@H]([C@H](C)OC(C)(C)C)NC(=O)[C@H](CNC(=O)OC(C)(C)C)NC(=O)[C@H](C2CCCCC2)NC(=O)[C@H](CC(C)C)N(C)C(=O)[C@@H]1CCC=C. The summed E-state index contributed by atoms with van der Waals surface area (Å²) in [5, 5.41) is 14.2. The Morgan fingerprint density at radius 3 is 2.06 bits per heavy atom. The molecule has 1 aliphatic carbocycles. The van der Waals surface area contributed by atoms with Crippen molar-refractivity contribution in [2.45, 2.75) is 200 Å². The molecule has 0 unspecified atom stereocenters. The number of hydrogen-bond acceptors (Lipinski definition) is 9. The maximum Gasteiger partial charge on any atom is 0.407 e. The third kappa shape index (κ3) is 19.2. The summed E-state index contributed by atoms with van der Waals surface area (Å²) < 4.78 is 18.2. The molecule has 5 N–H and O–H groups in total. The van der Waals surface area contributed by atoms with E-state index >= 15 is 0 Å². The molecule has 0 aromatic rings. The van der Waals surface area contributed by atoms with Gasteiger partial charge in [0.1, 0.15) is 29.8 Å². The van der Waals surface area contributed by atoms with Crippen LogP contribution in [0.4, 0.5) is 4.79 Å². The maximum absolute atomic E-state index is 14.8. The van der Waals surface area contributed by atoms with E-state index in [2.05, 4.69) is 39.7 Å². The summed E-state index contributed by atoms with van der Waals surface area (Å²) in [5.74, 6) is -3.58. The Hall–Kier alpha value is -3.98. The molecule has 0 bridgehead atoms. The Morgan fingerprint density at radius 1 is 0.839 bits per heavy atom. The molecule has 2 rings (SSSR count). The van der Waals surface area contributed by atoms with E-state index in [4.69, 9.17) is 14.2 Å². The Bertz CT molecular complexity index is 1480. The van der Waals surface area contributed by atoms with E-state index in [0.717, 1.165) is 38.5 Å². The number of rotatable bonds is 15. The van der Waals surface area contributed by atoms with E-state index < -0.39 is 95.8 Å². The molecule has 15 nitrogen and oxygen atoms in total. The van der Waals surface area contributed by atoms with Gasteiger partial charge in [-0.15, -0.1) is 13.2 Å². The Kier molecular flexibility index (Phi) is 22.7. The summed E-state index contributed by atoms with van der Waals surface area (Å²) in [6.07, 6.45) is 9.64. The number of hydrogen-bond donors (Lipinski definition) is 5. The van der Waals surface area contributed by atoms with Gasteiger partial charge in [0.15, 0.2) is 0 Å². The summed E-state index contributed by atoms with van der Waals surface area (Å²) in [6.45, 7) is 25.4. The number of carbonyl (C=O) groups is 6. The summed E-state index contributed by atoms with van der Waals surface area (Å²) in [6, 6.07) is -5.22. The van der Waals surface area contributed by atoms with Crippen LogP contribution in [0.5, 0.6) is 0 Å². The predicted octanol–water partition coefficient (Wildman–Crippen LogP) is 5.85. The number of unbranched alkanes of at least 4 members (excludes halogenated alkanes) is 2. The van der Waals surface area contributed by atoms with Crippen LogP contribution in [-0.4, -0.2) is 114 Å². The lowest BCUT2D eigenvalue weighted by Crippen LogP contribution is -2.63. The van der Waals surface area contributed by atoms with Crippen LogP contribution in [0.25, 0.3) is 0 Å². The zero-order chi connectivity index (χ0) is 46.8. The first-order valence-electron chi connectivity index (χ1n) is 22.9. The zero-order valence-corrected chi connectivity index (χ0v) is 39.9. The first-order chi connectivity index (χ1) is 29.0. The van der Waals surface area contributed by atoms with Crippen LogP contribution < -0.4 is 26.6 Å². The van der Waals surface area contributed by atoms with Crippen molar-refractivity contribution in [3.8, 4) is 0 Å². The van der Waals surface area contributed by atoms with Crippen molar-refractivity contribution in [2.75, 3.05) is 20.2 Å². The van der Waals surface area contributed by atoms with Crippen molar-refractivity contribution < 1.29 is 43.0 Å². The molecule has 1 aliphatic heterocycles. The third-order valence-electron chi connectivity index (χ3n) is 11.1. The lowest BCUT2D eigenvalue weighted by atomic mass is 9.83. The number of nitrogens with one attached hydrogen (secondary N) is 5. The number of carbonyl (C=O) groups excluding carboxylic acids is 6. The van der Waals surface area contributed by atoms with Crippen LogP contribution in [0.15, 0.2) is 25.3 Å². The second kappa shape index (κ2) is 26.0. The predicted molar refractivity (Wildman–Crippen MR) is 242 cm³/mol. The number of allylic oxidation sites excluding steroid dienone is 2. The average Bonchev–Trinajstić information content (AvgIpc) is 3.17. The minimum atomic E-state index is -1.40. The molecule has 0 spiro atoms. The molecule has 1 saturated heterocycles. The standard InChI is InChI=1S/C47H82N6O9/c1-14-16-18-22-26-37-34(25-17-15-2)44(58)53(13)36(27-30(3)4)41(55)52-39(33-23-20-19-21-24-33)43(57)50-35(28-48-45(59)62-47(10,11)12)40(54)51-38(32(6)61-46(7,8)9)42(56)49-31(5)29-60-37/h14-15,30-39H,1-2,16-29H2,3-13H3,(H,48,59)(H,49,56)(H,50,57)(H,51,54)(H,52,55)/t31-,32+,34-,35+,36+,37-,38+,39+/m1/s1. The highest BCUT2D eigenvalue weighted by Crippen LogP contribution is 2.29. The normalized spacial score (nSPS) is 26.5. The molecule has 8 atom stereocenters. The molecule has 0 aromatic heterocycles. The molecule has 6 amide bonds. The van der Waals surface area contributed by atoms with Gasteiger partial charge >= 0.3 is 6.09 Å². The number of alkyl carbamates (subject to hydrolysis) is 1. The van der Waals surface area contributed by atoms with Crippen LogP contribution >= 0.6 is 0 Å². The highest BCUT2D eigenvalue weighted by atomic mass is 16.6. The Morgan fingerprint density at radius 2 is 1.48 bits per heavy atom. The van der Waals surface area contributed by atoms with Gasteiger partial charge in [-0.1, -0.05) is 51.7 Å². The summed E-state index contributed by atoms with van der Waals surface area (Å²) in [5.41, 5.74) is -1.54. The molecular formula is C47H82N6O9. The van der Waals surface area contributed by atoms with Gasteiger partial charge in [0.05, 0.1) is 36.9 Å². The molecule has 2 fully saturated rings. The van der Waals surface area contributed by atoms with Gasteiger partial charge in [-0.25, -0.2) is 4.79 Å². The van der Waals surface area contributed by atoms with E-state index in [1.165, 1.54) is 4.90 Å². The number of ether oxygens (including phenoxy) is 3. The minimum absolute atomic E-state index is 0.0104. The maximum atomic E-state index is 14.8. The molecule has 1 heterocycles. The largest absolute Gasteiger partial charge is 0.444 e. The van der Waals surface area contributed by atoms with Crippen molar-refractivity contribution in [3.05, 3.63) is 25.3 Å². The van der Waals surface area contributed by atoms with Crippen molar-refractivity contribution in [2.24, 2.45) is 17.8 Å². The van der Waals surface area contributed by atoms with Crippen LogP contribution in [-0.2, 0) is 38.2 Å². The fraction of sp³-hybridized carbons (Fsp3) is 0.787. The monoisotopic (exact) mass is 875 g/mol. The second-order valence-corrected chi connectivity index (χ2v) is 19.7. The molecule has 2 aliphatic rings. The van der Waals surface area contributed by atoms with Crippen molar-refractivity contribution in [1.82, 2.24) is 31.5 Å². The van der Waals surface area contributed by atoms with Gasteiger partial charge in [0.2, 0.25) is 29.5 Å². The molecule has 15 heteroatoms. The number of nitrogens with zero attached hydrogens (tertiary/aromatic N) is 1. The third-order valence-corrected chi connectivity index (χ3v) is 11.1. The lowest BCUT2D eigenvalue weighted by Gasteiger charge is -2.37. The summed E-state index contributed by atoms with van der Waals surface area (Å²) in [4.78, 5) is 87.0. The average molecular weight is 875 g/mol. The summed E-state index contributed by atoms with van der Waals surface area (Å²) >= 11 is 0. The van der Waals surface area contributed by atoms with E-state index in [9.17, 15) is 28.8 Å². The Balaban J connectivity index is 2.80. The van der Waals surface area contributed by atoms with Gasteiger partial charge in [-0.2, -0.15) is 0 Å². The Labute approximate surface area is 372 Å². The van der Waals surface area contributed by atoms with Crippen LogP contribution in [0.1, 0.15) is 146 Å². The highest BCUT2D eigenvalue weighted by molar-refractivity contribution is 5.96. The van der Waals surface area contributed by atoms with Crippen molar-refractivity contribution >= 4 is 35.6 Å². The topological polar surface area (TPSA) is 194 Å². The molecule has 0 aromatic carbocycles. The van der Waals surface area contributed by atoms with Crippen molar-refractivity contribution in [3.63, 3.8) is 0 Å². The zero-order valence-electron chi connectivity index (χ0n) is 39.9. The molecule has 354 valence electrons. The van der Waals surface area contributed by atoms with Crippen molar-refractivity contribution in [1.29, 1.82) is 0 Å². The van der Waals surface area contributed by atoms with E-state index in [1.807, 2.05) is 40.7 Å². The molecule has 1 saturated carbocycles. The molecule has 62 heavy (non-hydrogen) atoms. The minimum Gasteiger partial charge on any atom is -0.444 e. The van der Waals surface area contributed by atoms with Gasteiger partial charge in [-0.05, 0) is 119 Å². The smallest absolute Gasteiger partial charge is 0.407 e. The van der Waals surface area contributed by atoms with Gasteiger partial charge in [0, 0.05) is 13.1 Å². The fourth-order valence-corrected chi connectivity index (χ4v) is 8.11. The van der Waals surface area contributed by atoms with Gasteiger partial charge in [0.25, 0.3) is 0 Å². The lowest BCUT2D eigenvalue weighted by molar-refractivity contribution is -0.148. The first kappa shape index (κ1) is 54.2. The molecule has 0 radical (unpaired) electrons. The highest BCUT2D eigenvalue weighted by Gasteiger charge is 2.41. The van der Waals surface area contributed by atoms with Crippen LogP contribution in [0.3, 0.4) is 0 Å². The van der Waals surface area contributed by atoms with E-state index in [0.29, 0.717) is 38.5 Å². The van der Waals surface area contributed by atoms with Gasteiger partial charge in [-0.3, -0.25) is 24.0 Å². The number of amides is 6. The van der Waals surface area contributed by atoms with E-state index in [-0.39, 0.29) is 24.3 Å². The number of likely N-dealkylation sites (N-methyl/N-ethyl adjacent to an activating group) is 1. The second-order valence-electron chi connectivity index (χ2n) is 19.7. The van der Waals surface area contributed by atoms with Crippen LogP contribution in [0.2, 0.25) is 0 Å². The quantitative estimate of drug-likeness (QED) is 0.0991. The van der Waals surface area contributed by atoms with Gasteiger partial charge < -0.3 is 45.7 Å². The van der Waals surface area contributed by atoms with E-state index in [1.54, 1.807) is 47.7 Å². The first-order valence-corrected chi connectivity index (χ1v) is 22.9. The molecular weight excluding hydrogens is 793 g/mol. The summed E-state index contributed by atoms with van der Waals surface area (Å²) in [7, 11) is 1.63.